The lowest BCUT2D eigenvalue weighted by Gasteiger charge is -2.29. The molecule has 0 unspecified atom stereocenters. The summed E-state index contributed by atoms with van der Waals surface area (Å²) in [5.41, 5.74) is 5.28. The zero-order valence-corrected chi connectivity index (χ0v) is 22.7. The lowest BCUT2D eigenvalue weighted by Crippen LogP contribution is -2.48. The van der Waals surface area contributed by atoms with Gasteiger partial charge in [0.1, 0.15) is 18.2 Å². The van der Waals surface area contributed by atoms with Gasteiger partial charge in [0.15, 0.2) is 5.69 Å². The molecule has 0 bridgehead atoms. The number of amides is 1. The maximum atomic E-state index is 13.7. The predicted octanol–water partition coefficient (Wildman–Crippen LogP) is 3.46. The average molecular weight is 524 g/mol. The molecule has 2 fully saturated rings. The number of ether oxygens (including phenoxy) is 2. The molecule has 1 saturated carbocycles. The number of hydrazine groups is 1. The number of hydrogen-bond donors (Lipinski definition) is 2. The average Bonchev–Trinajstić information content (AvgIpc) is 3.74. The summed E-state index contributed by atoms with van der Waals surface area (Å²) in [6.45, 7) is 4.52. The number of nitrogens with zero attached hydrogens (tertiary/aromatic N) is 5. The molecule has 10 nitrogen and oxygen atoms in total. The largest absolute Gasteiger partial charge is 0.496 e. The van der Waals surface area contributed by atoms with Crippen molar-refractivity contribution in [3.8, 4) is 22.8 Å². The number of likely N-dealkylation sites (tertiary alicyclic amines) is 1. The fraction of sp³-hybridized carbons (Fsp3) is 0.607. The van der Waals surface area contributed by atoms with Crippen LogP contribution in [0.15, 0.2) is 29.3 Å². The van der Waals surface area contributed by atoms with Crippen molar-refractivity contribution in [1.82, 2.24) is 30.4 Å². The van der Waals surface area contributed by atoms with E-state index in [0.717, 1.165) is 63.0 Å². The molecule has 2 aliphatic heterocycles. The van der Waals surface area contributed by atoms with Crippen molar-refractivity contribution in [3.63, 3.8) is 0 Å². The first-order valence-corrected chi connectivity index (χ1v) is 14.0. The van der Waals surface area contributed by atoms with E-state index in [1.807, 2.05) is 34.0 Å². The molecule has 0 spiro atoms. The smallest absolute Gasteiger partial charge is 0.272 e. The van der Waals surface area contributed by atoms with Crippen LogP contribution in [0, 0.1) is 0 Å². The second-order valence-electron chi connectivity index (χ2n) is 10.5. The summed E-state index contributed by atoms with van der Waals surface area (Å²) in [5, 5.41) is 10.2. The normalized spacial score (nSPS) is 19.4. The van der Waals surface area contributed by atoms with Gasteiger partial charge in [-0.25, -0.2) is 0 Å². The molecular formula is C28H41N7O3. The first-order valence-electron chi connectivity index (χ1n) is 14.0. The van der Waals surface area contributed by atoms with E-state index in [9.17, 15) is 4.79 Å². The molecule has 3 aliphatic rings. The standard InChI is InChI=1S/C28H41N7O3/c1-37-25-11-8-12-26(38-2)27(25)24-17-23(32-35(24)22-9-4-5-10-22)28(36)31-21(18-34-20-29-19-30-34)13-16-33-14-6-3-7-15-33/h8,11-12,17,19,21-22H,3-7,9-10,13-16,18,20H2,1-2H3,(H,29,30)(H,31,36)/t21-/m0/s1. The number of methoxy groups -OCH3 is 2. The van der Waals surface area contributed by atoms with Crippen molar-refractivity contribution in [2.24, 2.45) is 4.99 Å². The Labute approximate surface area is 225 Å². The Bertz CT molecular complexity index is 1080. The zero-order valence-electron chi connectivity index (χ0n) is 22.7. The SMILES string of the molecule is COc1cccc(OC)c1-c1cc(C(=O)N[C@@H](CCN2CCCCC2)CN2CN=CN2)nn1C1CCCC1. The third-order valence-electron chi connectivity index (χ3n) is 7.93. The highest BCUT2D eigenvalue weighted by Crippen LogP contribution is 2.41. The number of carbonyl (C=O) groups excluding carboxylic acids is 1. The van der Waals surface area contributed by atoms with Crippen molar-refractivity contribution >= 4 is 12.2 Å². The minimum absolute atomic E-state index is 0.0282. The minimum atomic E-state index is -0.152. The van der Waals surface area contributed by atoms with E-state index in [1.165, 1.54) is 19.3 Å². The lowest BCUT2D eigenvalue weighted by molar-refractivity contribution is 0.0906. The Kier molecular flexibility index (Phi) is 8.80. The van der Waals surface area contributed by atoms with Gasteiger partial charge in [-0.1, -0.05) is 25.3 Å². The number of aromatic nitrogens is 2. The number of nitrogens with one attached hydrogen (secondary N) is 2. The third kappa shape index (κ3) is 6.13. The molecule has 1 aliphatic carbocycles. The molecular weight excluding hydrogens is 482 g/mol. The Hall–Kier alpha value is -3.11. The van der Waals surface area contributed by atoms with Crippen LogP contribution in [0.4, 0.5) is 0 Å². The molecule has 2 aromatic rings. The summed E-state index contributed by atoms with van der Waals surface area (Å²) < 4.78 is 13.4. The number of piperidine rings is 1. The van der Waals surface area contributed by atoms with Crippen LogP contribution in [0.25, 0.3) is 11.3 Å². The molecule has 1 amide bonds. The first-order chi connectivity index (χ1) is 18.7. The molecule has 206 valence electrons. The van der Waals surface area contributed by atoms with E-state index in [-0.39, 0.29) is 18.0 Å². The number of aliphatic imine (C=N–C) groups is 1. The summed E-state index contributed by atoms with van der Waals surface area (Å²) in [7, 11) is 3.32. The maximum Gasteiger partial charge on any atom is 0.272 e. The number of carbonyl (C=O) groups is 1. The molecule has 1 aromatic heterocycles. The highest BCUT2D eigenvalue weighted by Gasteiger charge is 2.28. The third-order valence-corrected chi connectivity index (χ3v) is 7.93. The van der Waals surface area contributed by atoms with Gasteiger partial charge < -0.3 is 25.1 Å². The summed E-state index contributed by atoms with van der Waals surface area (Å²) in [6.07, 6.45) is 10.8. The van der Waals surface area contributed by atoms with Gasteiger partial charge in [-0.2, -0.15) is 10.1 Å². The van der Waals surface area contributed by atoms with Gasteiger partial charge in [-0.3, -0.25) is 14.5 Å². The van der Waals surface area contributed by atoms with Crippen molar-refractivity contribution in [1.29, 1.82) is 0 Å². The van der Waals surface area contributed by atoms with E-state index in [1.54, 1.807) is 20.6 Å². The van der Waals surface area contributed by atoms with Crippen molar-refractivity contribution in [2.45, 2.75) is 63.5 Å². The van der Waals surface area contributed by atoms with Crippen molar-refractivity contribution in [2.75, 3.05) is 47.1 Å². The zero-order chi connectivity index (χ0) is 26.3. The van der Waals surface area contributed by atoms with Gasteiger partial charge in [0.05, 0.1) is 37.9 Å². The quantitative estimate of drug-likeness (QED) is 0.466. The molecule has 38 heavy (non-hydrogen) atoms. The summed E-state index contributed by atoms with van der Waals surface area (Å²) in [6, 6.07) is 7.87. The summed E-state index contributed by atoms with van der Waals surface area (Å²) in [5.74, 6) is 1.26. The predicted molar refractivity (Wildman–Crippen MR) is 148 cm³/mol. The van der Waals surface area contributed by atoms with Gasteiger partial charge in [-0.05, 0) is 63.4 Å². The molecule has 10 heteroatoms. The topological polar surface area (TPSA) is 96.2 Å². The van der Waals surface area contributed by atoms with Crippen LogP contribution in [0.3, 0.4) is 0 Å². The summed E-state index contributed by atoms with van der Waals surface area (Å²) in [4.78, 5) is 20.4. The van der Waals surface area contributed by atoms with E-state index >= 15 is 0 Å². The van der Waals surface area contributed by atoms with Crippen molar-refractivity contribution < 1.29 is 14.3 Å². The van der Waals surface area contributed by atoms with E-state index in [0.29, 0.717) is 30.4 Å². The molecule has 1 aromatic carbocycles. The van der Waals surface area contributed by atoms with E-state index < -0.39 is 0 Å². The van der Waals surface area contributed by atoms with Crippen LogP contribution in [0.1, 0.15) is 67.9 Å². The Morgan fingerprint density at radius 3 is 2.50 bits per heavy atom. The molecule has 2 N–H and O–H groups in total. The van der Waals surface area contributed by atoms with Crippen LogP contribution in [-0.2, 0) is 0 Å². The van der Waals surface area contributed by atoms with Crippen LogP contribution in [0.5, 0.6) is 11.5 Å². The first kappa shape index (κ1) is 26.5. The highest BCUT2D eigenvalue weighted by atomic mass is 16.5. The van der Waals surface area contributed by atoms with Crippen LogP contribution >= 0.6 is 0 Å². The van der Waals surface area contributed by atoms with Crippen LogP contribution in [0.2, 0.25) is 0 Å². The summed E-state index contributed by atoms with van der Waals surface area (Å²) >= 11 is 0. The number of benzene rings is 1. The van der Waals surface area contributed by atoms with Crippen LogP contribution < -0.4 is 20.2 Å². The second kappa shape index (κ2) is 12.6. The number of rotatable bonds is 11. The van der Waals surface area contributed by atoms with E-state index in [2.05, 4.69) is 20.6 Å². The van der Waals surface area contributed by atoms with Gasteiger partial charge >= 0.3 is 0 Å². The second-order valence-corrected chi connectivity index (χ2v) is 10.5. The maximum absolute atomic E-state index is 13.7. The van der Waals surface area contributed by atoms with E-state index in [4.69, 9.17) is 14.6 Å². The van der Waals surface area contributed by atoms with Crippen molar-refractivity contribution in [3.05, 3.63) is 30.0 Å². The van der Waals surface area contributed by atoms with Gasteiger partial charge in [0.2, 0.25) is 0 Å². The fourth-order valence-electron chi connectivity index (χ4n) is 5.89. The fourth-order valence-corrected chi connectivity index (χ4v) is 5.89. The monoisotopic (exact) mass is 523 g/mol. The number of hydrogen-bond acceptors (Lipinski definition) is 8. The highest BCUT2D eigenvalue weighted by molar-refractivity contribution is 5.94. The molecule has 5 rings (SSSR count). The molecule has 0 radical (unpaired) electrons. The molecule has 3 heterocycles. The van der Waals surface area contributed by atoms with Gasteiger partial charge in [-0.15, -0.1) is 0 Å². The Balaban J connectivity index is 1.39. The Morgan fingerprint density at radius 2 is 1.84 bits per heavy atom. The van der Waals surface area contributed by atoms with Gasteiger partial charge in [0.25, 0.3) is 5.91 Å². The minimum Gasteiger partial charge on any atom is -0.496 e. The lowest BCUT2D eigenvalue weighted by atomic mass is 10.1. The van der Waals surface area contributed by atoms with Crippen LogP contribution in [-0.4, -0.2) is 85.0 Å². The Morgan fingerprint density at radius 1 is 1.11 bits per heavy atom. The molecule has 1 atom stereocenters. The molecule has 1 saturated heterocycles. The van der Waals surface area contributed by atoms with Gasteiger partial charge in [0, 0.05) is 19.1 Å².